The van der Waals surface area contributed by atoms with E-state index in [0.29, 0.717) is 24.3 Å². The molecular formula is C17H16N4. The minimum Gasteiger partial charge on any atom is -0.286 e. The van der Waals surface area contributed by atoms with Crippen LogP contribution in [0.25, 0.3) is 4.85 Å². The highest BCUT2D eigenvalue weighted by Gasteiger charge is 2.49. The summed E-state index contributed by atoms with van der Waals surface area (Å²) in [7, 11) is 0. The molecule has 0 aliphatic carbocycles. The fraction of sp³-hybridized carbons (Fsp3) is 0.471. The molecule has 4 heteroatoms. The third kappa shape index (κ3) is 2.17. The molecule has 0 aromatic carbocycles. The van der Waals surface area contributed by atoms with E-state index in [0.717, 1.165) is 31.2 Å². The molecule has 21 heavy (non-hydrogen) atoms. The van der Waals surface area contributed by atoms with Gasteiger partial charge in [-0.25, -0.2) is 4.85 Å². The van der Waals surface area contributed by atoms with Crippen LogP contribution in [0.4, 0.5) is 5.69 Å². The molecule has 3 heterocycles. The van der Waals surface area contributed by atoms with Crippen LogP contribution in [0.5, 0.6) is 0 Å². The van der Waals surface area contributed by atoms with Crippen molar-refractivity contribution in [2.75, 3.05) is 6.54 Å². The molecule has 0 radical (unpaired) electrons. The third-order valence-corrected chi connectivity index (χ3v) is 4.83. The van der Waals surface area contributed by atoms with Crippen molar-refractivity contribution in [2.24, 2.45) is 0 Å². The fourth-order valence-electron chi connectivity index (χ4n) is 3.85. The summed E-state index contributed by atoms with van der Waals surface area (Å²) in [4.78, 5) is 9.93. The lowest BCUT2D eigenvalue weighted by Crippen LogP contribution is -2.49. The van der Waals surface area contributed by atoms with E-state index >= 15 is 0 Å². The summed E-state index contributed by atoms with van der Waals surface area (Å²) in [5, 5.41) is 9.82. The van der Waals surface area contributed by atoms with Crippen molar-refractivity contribution >= 4 is 5.69 Å². The van der Waals surface area contributed by atoms with Gasteiger partial charge < -0.3 is 0 Å². The molecule has 1 unspecified atom stereocenters. The molecule has 1 aromatic rings. The Labute approximate surface area is 125 Å². The summed E-state index contributed by atoms with van der Waals surface area (Å²) in [6.07, 6.45) is 12.5. The molecule has 3 atom stereocenters. The van der Waals surface area contributed by atoms with Crippen LogP contribution in [0, 0.1) is 30.2 Å². The lowest BCUT2D eigenvalue weighted by atomic mass is 9.71. The van der Waals surface area contributed by atoms with Crippen molar-refractivity contribution < 1.29 is 0 Å². The lowest BCUT2D eigenvalue weighted by molar-refractivity contribution is 0.121. The maximum atomic E-state index is 9.82. The highest BCUT2D eigenvalue weighted by atomic mass is 15.2. The van der Waals surface area contributed by atoms with Gasteiger partial charge in [-0.15, -0.1) is 6.42 Å². The van der Waals surface area contributed by atoms with Crippen molar-refractivity contribution in [1.82, 2.24) is 9.88 Å². The molecule has 2 aliphatic heterocycles. The Morgan fingerprint density at radius 2 is 2.14 bits per heavy atom. The summed E-state index contributed by atoms with van der Waals surface area (Å²) in [6, 6.07) is 5.09. The van der Waals surface area contributed by atoms with Crippen molar-refractivity contribution in [3.63, 3.8) is 0 Å². The van der Waals surface area contributed by atoms with Crippen LogP contribution in [-0.4, -0.2) is 28.5 Å². The number of nitrogens with zero attached hydrogens (tertiary/aromatic N) is 4. The minimum absolute atomic E-state index is 0.371. The molecule has 2 bridgehead atoms. The number of rotatable bonds is 2. The van der Waals surface area contributed by atoms with E-state index in [-0.39, 0.29) is 0 Å². The predicted molar refractivity (Wildman–Crippen MR) is 79.4 cm³/mol. The van der Waals surface area contributed by atoms with Crippen LogP contribution in [0.15, 0.2) is 18.5 Å². The van der Waals surface area contributed by atoms with Gasteiger partial charge >= 0.3 is 0 Å². The quantitative estimate of drug-likeness (QED) is 0.616. The Kier molecular flexibility index (Phi) is 3.38. The van der Waals surface area contributed by atoms with Crippen LogP contribution >= 0.6 is 0 Å². The largest absolute Gasteiger partial charge is 0.286 e. The monoisotopic (exact) mass is 276 g/mol. The van der Waals surface area contributed by atoms with Crippen molar-refractivity contribution in [3.05, 3.63) is 35.4 Å². The Bertz CT molecular complexity index is 659. The van der Waals surface area contributed by atoms with Gasteiger partial charge in [0.1, 0.15) is 0 Å². The lowest BCUT2D eigenvalue weighted by Gasteiger charge is -2.42. The molecular weight excluding hydrogens is 260 g/mol. The number of hydrogen-bond acceptors (Lipinski definition) is 3. The summed E-state index contributed by atoms with van der Waals surface area (Å²) >= 11 is 0. The van der Waals surface area contributed by atoms with E-state index in [2.05, 4.69) is 26.7 Å². The Balaban J connectivity index is 1.96. The van der Waals surface area contributed by atoms with Gasteiger partial charge in [0.15, 0.2) is 0 Å². The highest BCUT2D eigenvalue weighted by molar-refractivity contribution is 5.48. The van der Waals surface area contributed by atoms with Crippen LogP contribution in [0.2, 0.25) is 0 Å². The molecule has 0 amide bonds. The fourth-order valence-corrected chi connectivity index (χ4v) is 3.85. The Morgan fingerprint density at radius 1 is 1.43 bits per heavy atom. The van der Waals surface area contributed by atoms with Crippen LogP contribution in [0.3, 0.4) is 0 Å². The molecule has 0 spiro atoms. The average molecular weight is 276 g/mol. The second-order valence-electron chi connectivity index (χ2n) is 5.91. The van der Waals surface area contributed by atoms with Gasteiger partial charge in [0.05, 0.1) is 24.6 Å². The molecule has 4 nitrogen and oxygen atoms in total. The molecule has 2 fully saturated rings. The van der Waals surface area contributed by atoms with Gasteiger partial charge in [-0.05, 0) is 37.3 Å². The van der Waals surface area contributed by atoms with E-state index in [1.54, 1.807) is 12.4 Å². The van der Waals surface area contributed by atoms with E-state index in [1.807, 2.05) is 6.07 Å². The first-order valence-corrected chi connectivity index (χ1v) is 7.16. The number of fused-ring (bicyclic) bond motifs is 2. The minimum atomic E-state index is -0.523. The number of terminal acetylenes is 1. The molecule has 1 aromatic heterocycles. The standard InChI is InChI=1S/C17H16N4/c1-3-6-21-15-4-5-16(21)9-17(8-15,12-18)13-7-14(19-2)11-20-10-13/h1,7,10-11,15-16H,4-6,8-9H2/t15-,16+,17?. The van der Waals surface area contributed by atoms with Crippen molar-refractivity contribution in [2.45, 2.75) is 43.2 Å². The van der Waals surface area contributed by atoms with Gasteiger partial charge in [0.25, 0.3) is 0 Å². The molecule has 0 N–H and O–H groups in total. The second kappa shape index (κ2) is 5.21. The van der Waals surface area contributed by atoms with E-state index < -0.39 is 5.41 Å². The van der Waals surface area contributed by atoms with Gasteiger partial charge in [-0.1, -0.05) is 5.92 Å². The van der Waals surface area contributed by atoms with Crippen LogP contribution in [0.1, 0.15) is 31.2 Å². The Hall–Kier alpha value is -2.35. The van der Waals surface area contributed by atoms with Crippen molar-refractivity contribution in [3.8, 4) is 18.4 Å². The second-order valence-corrected chi connectivity index (χ2v) is 5.91. The van der Waals surface area contributed by atoms with Crippen LogP contribution in [-0.2, 0) is 5.41 Å². The first-order valence-electron chi connectivity index (χ1n) is 7.16. The molecule has 2 aliphatic rings. The number of piperidine rings is 1. The van der Waals surface area contributed by atoms with E-state index in [1.165, 1.54) is 0 Å². The summed E-state index contributed by atoms with van der Waals surface area (Å²) in [5.41, 5.74) is 0.862. The number of hydrogen-bond donors (Lipinski definition) is 0. The number of pyridine rings is 1. The summed E-state index contributed by atoms with van der Waals surface area (Å²) in [5.74, 6) is 2.73. The molecule has 2 saturated heterocycles. The molecule has 3 rings (SSSR count). The maximum absolute atomic E-state index is 9.82. The third-order valence-electron chi connectivity index (χ3n) is 4.83. The van der Waals surface area contributed by atoms with Crippen LogP contribution < -0.4 is 0 Å². The van der Waals surface area contributed by atoms with Gasteiger partial charge in [0, 0.05) is 24.5 Å². The topological polar surface area (TPSA) is 44.3 Å². The molecule has 104 valence electrons. The smallest absolute Gasteiger partial charge is 0.205 e. The van der Waals surface area contributed by atoms with Gasteiger partial charge in [-0.2, -0.15) is 5.26 Å². The zero-order valence-electron chi connectivity index (χ0n) is 11.8. The Morgan fingerprint density at radius 3 is 2.71 bits per heavy atom. The van der Waals surface area contributed by atoms with Gasteiger partial charge in [-0.3, -0.25) is 9.88 Å². The summed E-state index contributed by atoms with van der Waals surface area (Å²) in [6.45, 7) is 7.79. The summed E-state index contributed by atoms with van der Waals surface area (Å²) < 4.78 is 0. The zero-order valence-corrected chi connectivity index (χ0v) is 11.8. The predicted octanol–water partition coefficient (Wildman–Crippen LogP) is 2.65. The number of aromatic nitrogens is 1. The van der Waals surface area contributed by atoms with Gasteiger partial charge in [0.2, 0.25) is 5.69 Å². The average Bonchev–Trinajstić information content (AvgIpc) is 2.78. The molecule has 0 saturated carbocycles. The maximum Gasteiger partial charge on any atom is 0.205 e. The SMILES string of the molecule is [C-]#[N+]c1cncc(C2(C#N)C[C@H]3CC[C@@H](C2)N3CC#C)c1. The van der Waals surface area contributed by atoms with E-state index in [4.69, 9.17) is 13.0 Å². The zero-order chi connectivity index (χ0) is 14.9. The normalized spacial score (nSPS) is 31.1. The van der Waals surface area contributed by atoms with E-state index in [9.17, 15) is 5.26 Å². The highest BCUT2D eigenvalue weighted by Crippen LogP contribution is 2.47. The first-order chi connectivity index (χ1) is 10.2. The van der Waals surface area contributed by atoms with Crippen molar-refractivity contribution in [1.29, 1.82) is 5.26 Å². The number of nitriles is 1. The first kappa shape index (κ1) is 13.6.